The first kappa shape index (κ1) is 37.4. The summed E-state index contributed by atoms with van der Waals surface area (Å²) in [6, 6.07) is 10.2. The van der Waals surface area contributed by atoms with Gasteiger partial charge in [-0.1, -0.05) is 40.4 Å². The highest BCUT2D eigenvalue weighted by Gasteiger charge is 2.33. The van der Waals surface area contributed by atoms with Crippen LogP contribution in [0.1, 0.15) is 70.3 Å². The molecule has 2 aliphatic heterocycles. The highest BCUT2D eigenvalue weighted by atomic mass is 35.5. The van der Waals surface area contributed by atoms with Crippen LogP contribution in [0.5, 0.6) is 34.5 Å². The van der Waals surface area contributed by atoms with Crippen LogP contribution in [0.2, 0.25) is 15.1 Å². The van der Waals surface area contributed by atoms with Crippen molar-refractivity contribution in [3.05, 3.63) is 80.3 Å². The van der Waals surface area contributed by atoms with E-state index in [1.807, 2.05) is 27.7 Å². The summed E-state index contributed by atoms with van der Waals surface area (Å²) >= 11 is 17.0. The van der Waals surface area contributed by atoms with Gasteiger partial charge in [-0.25, -0.2) is 4.79 Å². The molecule has 0 aliphatic carbocycles. The van der Waals surface area contributed by atoms with Crippen molar-refractivity contribution in [3.8, 4) is 34.5 Å². The lowest BCUT2D eigenvalue weighted by Gasteiger charge is -2.32. The van der Waals surface area contributed by atoms with Gasteiger partial charge in [-0.3, -0.25) is 4.79 Å². The normalized spacial score (nSPS) is 14.9. The predicted octanol–water partition coefficient (Wildman–Crippen LogP) is 8.73. The molecule has 5 N–H and O–H groups in total. The van der Waals surface area contributed by atoms with Crippen LogP contribution in [0.25, 0.3) is 0 Å². The number of Topliss-reactive ketones (excluding diaryl/α,β-unsaturated/α-hetero) is 1. The van der Waals surface area contributed by atoms with Gasteiger partial charge in [-0.2, -0.15) is 0 Å². The van der Waals surface area contributed by atoms with E-state index in [2.05, 4.69) is 0 Å². The Hall–Kier alpha value is -3.79. The lowest BCUT2D eigenvalue weighted by molar-refractivity contribution is -0.131. The molecule has 0 saturated carbocycles. The van der Waals surface area contributed by atoms with Crippen LogP contribution >= 0.6 is 34.8 Å². The monoisotopic (exact) mass is 682 g/mol. The number of carboxylic acid groups (broad SMARTS) is 1. The van der Waals surface area contributed by atoms with Crippen LogP contribution in [0.4, 0.5) is 0 Å². The van der Waals surface area contributed by atoms with Crippen LogP contribution in [0.15, 0.2) is 54.1 Å². The van der Waals surface area contributed by atoms with Gasteiger partial charge in [-0.05, 0) is 84.2 Å². The first-order valence-corrected chi connectivity index (χ1v) is 14.8. The molecule has 2 aliphatic rings. The van der Waals surface area contributed by atoms with E-state index in [4.69, 9.17) is 59.6 Å². The SMILES string of the molecule is CC(C)=CC(=O)O.CC1(C)CC(=O)c2cc(Cl)c(O)cc2O1.CC1(C)CCc2cc(Cl)c(O)cc2O1.Oc1ccc(Cl)c(O)c1. The molecule has 12 heteroatoms. The van der Waals surface area contributed by atoms with Crippen molar-refractivity contribution in [3.63, 3.8) is 0 Å². The van der Waals surface area contributed by atoms with Gasteiger partial charge in [-0.15, -0.1) is 0 Å². The third kappa shape index (κ3) is 11.9. The molecule has 0 spiro atoms. The summed E-state index contributed by atoms with van der Waals surface area (Å²) in [5.41, 5.74) is 1.66. The summed E-state index contributed by atoms with van der Waals surface area (Å²) in [5, 5.41) is 45.2. The van der Waals surface area contributed by atoms with Gasteiger partial charge in [0.1, 0.15) is 45.7 Å². The zero-order valence-corrected chi connectivity index (χ0v) is 28.0. The third-order valence-corrected chi connectivity index (χ3v) is 7.10. The standard InChI is InChI=1S/C11H11ClO3.C11H13ClO2.C6H5ClO2.C5H8O2/c1-11(2)5-9(14)6-3-7(12)8(13)4-10(6)15-11;1-11(2)4-3-7-5-8(12)9(13)6-10(7)14-11;7-5-2-1-4(8)3-6(5)9;1-4(2)3-5(6)7/h3-4,13H,5H2,1-2H3;5-6,13H,3-4H2,1-2H3;1-3,8-9H;3H,1-2H3,(H,6,7). The van der Waals surface area contributed by atoms with Crippen molar-refractivity contribution in [2.45, 2.75) is 72.0 Å². The second-order valence-electron chi connectivity index (χ2n) is 11.7. The molecular weight excluding hydrogens is 647 g/mol. The number of aliphatic carboxylic acids is 1. The first-order chi connectivity index (χ1) is 20.7. The minimum Gasteiger partial charge on any atom is -0.508 e. The van der Waals surface area contributed by atoms with Crippen molar-refractivity contribution in [2.75, 3.05) is 0 Å². The Labute approximate surface area is 277 Å². The van der Waals surface area contributed by atoms with Crippen molar-refractivity contribution in [1.82, 2.24) is 0 Å². The Morgan fingerprint density at radius 3 is 1.82 bits per heavy atom. The topological polar surface area (TPSA) is 154 Å². The maximum Gasteiger partial charge on any atom is 0.328 e. The van der Waals surface area contributed by atoms with E-state index in [9.17, 15) is 19.8 Å². The number of aromatic hydroxyl groups is 4. The van der Waals surface area contributed by atoms with E-state index in [-0.39, 0.29) is 44.4 Å². The smallest absolute Gasteiger partial charge is 0.328 e. The maximum atomic E-state index is 11.7. The van der Waals surface area contributed by atoms with Gasteiger partial charge in [0, 0.05) is 24.3 Å². The molecule has 3 aromatic carbocycles. The molecule has 45 heavy (non-hydrogen) atoms. The Kier molecular flexibility index (Phi) is 12.9. The summed E-state index contributed by atoms with van der Waals surface area (Å²) in [7, 11) is 0. The fraction of sp³-hybridized carbons (Fsp3) is 0.333. The van der Waals surface area contributed by atoms with E-state index in [0.29, 0.717) is 22.8 Å². The molecule has 0 atom stereocenters. The molecule has 0 bridgehead atoms. The second kappa shape index (κ2) is 15.5. The highest BCUT2D eigenvalue weighted by Crippen LogP contribution is 2.40. The molecule has 0 saturated heterocycles. The maximum absolute atomic E-state index is 11.7. The van der Waals surface area contributed by atoms with E-state index < -0.39 is 11.6 Å². The van der Waals surface area contributed by atoms with Crippen molar-refractivity contribution in [1.29, 1.82) is 0 Å². The van der Waals surface area contributed by atoms with E-state index >= 15 is 0 Å². The fourth-order valence-electron chi connectivity index (χ4n) is 4.07. The second-order valence-corrected chi connectivity index (χ2v) is 13.0. The van der Waals surface area contributed by atoms with E-state index in [0.717, 1.165) is 29.7 Å². The molecule has 0 radical (unpaired) electrons. The third-order valence-electron chi connectivity index (χ3n) is 6.18. The van der Waals surface area contributed by atoms with Gasteiger partial charge in [0.05, 0.1) is 27.1 Å². The molecule has 0 amide bonds. The number of aryl methyl sites for hydroxylation is 1. The summed E-state index contributed by atoms with van der Waals surface area (Å²) < 4.78 is 11.3. The minimum atomic E-state index is -0.875. The zero-order chi connectivity index (χ0) is 34.3. The molecule has 0 aromatic heterocycles. The number of carbonyl (C=O) groups excluding carboxylic acids is 1. The van der Waals surface area contributed by atoms with E-state index in [1.165, 1.54) is 36.4 Å². The molecule has 3 aromatic rings. The fourth-order valence-corrected chi connectivity index (χ4v) is 4.53. The number of carboxylic acids is 1. The van der Waals surface area contributed by atoms with Crippen molar-refractivity contribution >= 4 is 46.6 Å². The lowest BCUT2D eigenvalue weighted by atomic mass is 9.93. The molecule has 0 fully saturated rings. The number of hydrogen-bond acceptors (Lipinski definition) is 8. The number of halogens is 3. The molecular formula is C33H37Cl3O9. The average Bonchev–Trinajstić information content (AvgIpc) is 2.88. The number of benzene rings is 3. The number of phenolic OH excluding ortho intramolecular Hbond substituents is 4. The Bertz CT molecular complexity index is 1580. The lowest BCUT2D eigenvalue weighted by Crippen LogP contribution is -2.35. The number of carbonyl (C=O) groups is 2. The van der Waals surface area contributed by atoms with E-state index in [1.54, 1.807) is 26.0 Å². The average molecular weight is 684 g/mol. The molecule has 5 rings (SSSR count). The van der Waals surface area contributed by atoms with Gasteiger partial charge in [0.2, 0.25) is 0 Å². The number of ether oxygens (including phenoxy) is 2. The minimum absolute atomic E-state index is 0.0110. The quantitative estimate of drug-likeness (QED) is 0.158. The van der Waals surface area contributed by atoms with Crippen LogP contribution < -0.4 is 9.47 Å². The van der Waals surface area contributed by atoms with Crippen molar-refractivity contribution in [2.24, 2.45) is 0 Å². The molecule has 0 unspecified atom stereocenters. The highest BCUT2D eigenvalue weighted by molar-refractivity contribution is 6.33. The van der Waals surface area contributed by atoms with Gasteiger partial charge < -0.3 is 35.0 Å². The number of phenols is 4. The van der Waals surface area contributed by atoms with Gasteiger partial charge >= 0.3 is 5.97 Å². The largest absolute Gasteiger partial charge is 0.508 e. The van der Waals surface area contributed by atoms with Crippen LogP contribution in [-0.4, -0.2) is 48.5 Å². The van der Waals surface area contributed by atoms with Crippen LogP contribution in [0, 0.1) is 0 Å². The van der Waals surface area contributed by atoms with Crippen LogP contribution in [0.3, 0.4) is 0 Å². The number of fused-ring (bicyclic) bond motifs is 2. The Morgan fingerprint density at radius 2 is 1.31 bits per heavy atom. The summed E-state index contributed by atoms with van der Waals surface area (Å²) in [6.07, 6.45) is 3.41. The summed E-state index contributed by atoms with van der Waals surface area (Å²) in [4.78, 5) is 21.5. The van der Waals surface area contributed by atoms with Gasteiger partial charge in [0.25, 0.3) is 0 Å². The Morgan fingerprint density at radius 1 is 0.778 bits per heavy atom. The summed E-state index contributed by atoms with van der Waals surface area (Å²) in [5.74, 6) is 0.196. The van der Waals surface area contributed by atoms with Crippen molar-refractivity contribution < 1.29 is 44.6 Å². The molecule has 244 valence electrons. The first-order valence-electron chi connectivity index (χ1n) is 13.7. The number of allylic oxidation sites excluding steroid dienone is 1. The predicted molar refractivity (Wildman–Crippen MR) is 175 cm³/mol. The number of hydrogen-bond donors (Lipinski definition) is 5. The zero-order valence-electron chi connectivity index (χ0n) is 25.7. The summed E-state index contributed by atoms with van der Waals surface area (Å²) in [6.45, 7) is 11.2. The molecule has 9 nitrogen and oxygen atoms in total. The number of ketones is 1. The van der Waals surface area contributed by atoms with Gasteiger partial charge in [0.15, 0.2) is 5.78 Å². The Balaban J connectivity index is 0.000000219. The number of rotatable bonds is 1. The molecule has 2 heterocycles. The van der Waals surface area contributed by atoms with Crippen LogP contribution in [-0.2, 0) is 11.2 Å².